The van der Waals surface area contributed by atoms with Gasteiger partial charge in [-0.05, 0) is 49.3 Å². The molecule has 0 bridgehead atoms. The normalized spacial score (nSPS) is 28.8. The minimum atomic E-state index is -4.04. The van der Waals surface area contributed by atoms with Crippen LogP contribution in [0, 0.1) is 0 Å². The molecule has 0 radical (unpaired) electrons. The number of hydrogen-bond acceptors (Lipinski definition) is 7. The van der Waals surface area contributed by atoms with Crippen molar-refractivity contribution < 1.29 is 25.3 Å². The van der Waals surface area contributed by atoms with Crippen molar-refractivity contribution in [2.75, 3.05) is 23.0 Å². The monoisotopic (exact) mass is 490 g/mol. The maximum atomic E-state index is 13.5. The zero-order valence-corrected chi connectivity index (χ0v) is 19.9. The van der Waals surface area contributed by atoms with Gasteiger partial charge in [0.25, 0.3) is 10.0 Å². The highest BCUT2D eigenvalue weighted by molar-refractivity contribution is 7.92. The van der Waals surface area contributed by atoms with Crippen molar-refractivity contribution in [3.63, 3.8) is 0 Å². The SMILES string of the molecule is O=S1(=O)CC[C@H](NN([C@@H]2CCS(=O)(=O)C2)S(=O)(=O)c2ccc(C3CCCCC3)cc2)C1. The van der Waals surface area contributed by atoms with Gasteiger partial charge in [0.05, 0.1) is 33.9 Å². The predicted octanol–water partition coefficient (Wildman–Crippen LogP) is 1.60. The summed E-state index contributed by atoms with van der Waals surface area (Å²) in [4.78, 5) is 0.0877. The molecule has 2 saturated heterocycles. The highest BCUT2D eigenvalue weighted by Gasteiger charge is 2.41. The Bertz CT molecular complexity index is 1110. The van der Waals surface area contributed by atoms with Crippen molar-refractivity contribution in [3.05, 3.63) is 29.8 Å². The number of sulfonamides is 1. The summed E-state index contributed by atoms with van der Waals surface area (Å²) >= 11 is 0. The molecule has 0 spiro atoms. The van der Waals surface area contributed by atoms with Gasteiger partial charge < -0.3 is 0 Å². The van der Waals surface area contributed by atoms with Crippen molar-refractivity contribution in [1.29, 1.82) is 0 Å². The second-order valence-electron chi connectivity index (χ2n) is 8.99. The summed E-state index contributed by atoms with van der Waals surface area (Å²) in [7, 11) is -10.6. The van der Waals surface area contributed by atoms with Gasteiger partial charge in [-0.25, -0.2) is 30.7 Å². The molecule has 0 unspecified atom stereocenters. The fraction of sp³-hybridized carbons (Fsp3) is 0.700. The van der Waals surface area contributed by atoms with Crippen LogP contribution in [0.1, 0.15) is 56.4 Å². The van der Waals surface area contributed by atoms with E-state index in [0.29, 0.717) is 12.3 Å². The number of sulfone groups is 2. The largest absolute Gasteiger partial charge is 0.256 e. The number of benzene rings is 1. The Hall–Kier alpha value is -1.01. The van der Waals surface area contributed by atoms with Crippen molar-refractivity contribution in [1.82, 2.24) is 9.84 Å². The molecule has 2 heterocycles. The molecule has 1 aliphatic carbocycles. The number of nitrogens with one attached hydrogen (secondary N) is 1. The van der Waals surface area contributed by atoms with Crippen molar-refractivity contribution in [2.24, 2.45) is 0 Å². The van der Waals surface area contributed by atoms with E-state index in [2.05, 4.69) is 5.43 Å². The van der Waals surface area contributed by atoms with Crippen LogP contribution in [0.2, 0.25) is 0 Å². The molecule has 174 valence electrons. The molecule has 3 aliphatic rings. The first-order valence-electron chi connectivity index (χ1n) is 10.9. The van der Waals surface area contributed by atoms with E-state index in [1.54, 1.807) is 12.1 Å². The second-order valence-corrected chi connectivity index (χ2v) is 15.3. The van der Waals surface area contributed by atoms with Crippen LogP contribution in [0.4, 0.5) is 0 Å². The molecule has 1 aromatic carbocycles. The third-order valence-electron chi connectivity index (χ3n) is 6.60. The molecule has 4 rings (SSSR count). The molecule has 2 aliphatic heterocycles. The topological polar surface area (TPSA) is 118 Å². The molecule has 0 amide bonds. The molecule has 31 heavy (non-hydrogen) atoms. The molecule has 11 heteroatoms. The van der Waals surface area contributed by atoms with E-state index in [4.69, 9.17) is 0 Å². The highest BCUT2D eigenvalue weighted by atomic mass is 32.2. The Morgan fingerprint density at radius 3 is 1.97 bits per heavy atom. The average molecular weight is 491 g/mol. The maximum Gasteiger partial charge on any atom is 0.256 e. The van der Waals surface area contributed by atoms with Gasteiger partial charge in [0, 0.05) is 6.04 Å². The summed E-state index contributed by atoms with van der Waals surface area (Å²) in [5.41, 5.74) is 4.00. The van der Waals surface area contributed by atoms with Crippen LogP contribution in [0.3, 0.4) is 0 Å². The number of hydrazine groups is 1. The van der Waals surface area contributed by atoms with Crippen LogP contribution in [-0.4, -0.2) is 64.8 Å². The smallest absolute Gasteiger partial charge is 0.237 e. The summed E-state index contributed by atoms with van der Waals surface area (Å²) in [6, 6.07) is 5.57. The summed E-state index contributed by atoms with van der Waals surface area (Å²) in [6.45, 7) is 0. The summed E-state index contributed by atoms with van der Waals surface area (Å²) in [5, 5.41) is 0. The Labute approximate surface area is 185 Å². The highest BCUT2D eigenvalue weighted by Crippen LogP contribution is 2.33. The minimum absolute atomic E-state index is 0.00238. The standard InChI is InChI=1S/C20H30N2O6S3/c23-29(24)12-10-18(14-29)21-22(19-11-13-30(25,26)15-19)31(27,28)20-8-6-17(7-9-20)16-4-2-1-3-5-16/h6-9,16,18-19,21H,1-5,10-15H2/t18-,19+/m0/s1. The molecule has 1 saturated carbocycles. The molecule has 1 aromatic rings. The zero-order valence-electron chi connectivity index (χ0n) is 17.4. The summed E-state index contributed by atoms with van der Waals surface area (Å²) in [5.74, 6) is -0.0479. The first kappa shape index (κ1) is 23.2. The Kier molecular flexibility index (Phi) is 6.53. The zero-order chi connectivity index (χ0) is 22.3. The van der Waals surface area contributed by atoms with Gasteiger partial charge in [-0.1, -0.05) is 31.4 Å². The van der Waals surface area contributed by atoms with E-state index < -0.39 is 41.8 Å². The van der Waals surface area contributed by atoms with E-state index in [-0.39, 0.29) is 34.3 Å². The maximum absolute atomic E-state index is 13.5. The van der Waals surface area contributed by atoms with Gasteiger partial charge in [0.1, 0.15) is 0 Å². The van der Waals surface area contributed by atoms with Gasteiger partial charge in [-0.3, -0.25) is 0 Å². The molecule has 2 atom stereocenters. The fourth-order valence-electron chi connectivity index (χ4n) is 4.87. The van der Waals surface area contributed by atoms with Gasteiger partial charge in [-0.2, -0.15) is 0 Å². The fourth-order valence-corrected chi connectivity index (χ4v) is 9.90. The van der Waals surface area contributed by atoms with Gasteiger partial charge >= 0.3 is 0 Å². The van der Waals surface area contributed by atoms with E-state index >= 15 is 0 Å². The minimum Gasteiger partial charge on any atom is -0.237 e. The van der Waals surface area contributed by atoms with Crippen molar-refractivity contribution in [3.8, 4) is 0 Å². The lowest BCUT2D eigenvalue weighted by atomic mass is 9.84. The molecular formula is C20H30N2O6S3. The number of rotatable bonds is 6. The number of hydrogen-bond donors (Lipinski definition) is 1. The van der Waals surface area contributed by atoms with Gasteiger partial charge in [0.15, 0.2) is 19.7 Å². The van der Waals surface area contributed by atoms with Crippen LogP contribution in [0.5, 0.6) is 0 Å². The number of nitrogens with zero attached hydrogens (tertiary/aromatic N) is 1. The lowest BCUT2D eigenvalue weighted by Gasteiger charge is -2.30. The Morgan fingerprint density at radius 2 is 1.42 bits per heavy atom. The van der Waals surface area contributed by atoms with Crippen LogP contribution in [-0.2, 0) is 29.7 Å². The molecular weight excluding hydrogens is 460 g/mol. The van der Waals surface area contributed by atoms with E-state index in [0.717, 1.165) is 22.8 Å². The Balaban J connectivity index is 1.59. The van der Waals surface area contributed by atoms with Gasteiger partial charge in [0.2, 0.25) is 0 Å². The first-order valence-corrected chi connectivity index (χ1v) is 16.0. The van der Waals surface area contributed by atoms with Crippen molar-refractivity contribution in [2.45, 2.75) is 67.8 Å². The predicted molar refractivity (Wildman–Crippen MR) is 119 cm³/mol. The van der Waals surface area contributed by atoms with Gasteiger partial charge in [-0.15, -0.1) is 4.41 Å². The molecule has 3 fully saturated rings. The van der Waals surface area contributed by atoms with E-state index in [1.807, 2.05) is 12.1 Å². The summed E-state index contributed by atoms with van der Waals surface area (Å²) < 4.78 is 75.7. The Morgan fingerprint density at radius 1 is 0.806 bits per heavy atom. The first-order chi connectivity index (χ1) is 14.6. The second kappa shape index (κ2) is 8.74. The quantitative estimate of drug-likeness (QED) is 0.602. The average Bonchev–Trinajstić information content (AvgIpc) is 3.27. The van der Waals surface area contributed by atoms with Crippen LogP contribution < -0.4 is 5.43 Å². The van der Waals surface area contributed by atoms with Crippen LogP contribution >= 0.6 is 0 Å². The lowest BCUT2D eigenvalue weighted by molar-refractivity contribution is 0.229. The lowest BCUT2D eigenvalue weighted by Crippen LogP contribution is -2.54. The summed E-state index contributed by atoms with van der Waals surface area (Å²) in [6.07, 6.45) is 6.31. The van der Waals surface area contributed by atoms with E-state index in [1.165, 1.54) is 19.3 Å². The molecule has 0 aromatic heterocycles. The van der Waals surface area contributed by atoms with Crippen LogP contribution in [0.25, 0.3) is 0 Å². The molecule has 8 nitrogen and oxygen atoms in total. The third-order valence-corrected chi connectivity index (χ3v) is 11.9. The van der Waals surface area contributed by atoms with Crippen LogP contribution in [0.15, 0.2) is 29.2 Å². The van der Waals surface area contributed by atoms with E-state index in [9.17, 15) is 25.3 Å². The third kappa shape index (κ3) is 5.32. The van der Waals surface area contributed by atoms with Crippen molar-refractivity contribution >= 4 is 29.7 Å². The molecule has 1 N–H and O–H groups in total.